The first-order valence-corrected chi connectivity index (χ1v) is 2.95. The lowest BCUT2D eigenvalue weighted by atomic mass is 10.2. The molecule has 0 amide bonds. The predicted octanol–water partition coefficient (Wildman–Crippen LogP) is 1.21. The van der Waals surface area contributed by atoms with Gasteiger partial charge < -0.3 is 0 Å². The van der Waals surface area contributed by atoms with Crippen LogP contribution in [0.15, 0.2) is 10.6 Å². The number of carbonyl (C=O) groups is 1. The van der Waals surface area contributed by atoms with Crippen LogP contribution in [-0.2, 0) is 4.79 Å². The van der Waals surface area contributed by atoms with Crippen LogP contribution in [0.5, 0.6) is 0 Å². The van der Waals surface area contributed by atoms with E-state index >= 15 is 0 Å². The van der Waals surface area contributed by atoms with Crippen molar-refractivity contribution < 1.29 is 4.79 Å². The number of rotatable bonds is 2. The van der Waals surface area contributed by atoms with Crippen molar-refractivity contribution in [3.8, 4) is 0 Å². The van der Waals surface area contributed by atoms with Crippen molar-refractivity contribution >= 4 is 11.7 Å². The summed E-state index contributed by atoms with van der Waals surface area (Å²) in [6, 6.07) is 0. The Hall–Kier alpha value is -0.880. The van der Waals surface area contributed by atoms with Crippen molar-refractivity contribution in [1.82, 2.24) is 0 Å². The molecule has 0 radical (unpaired) electrons. The first-order chi connectivity index (χ1) is 4.18. The van der Waals surface area contributed by atoms with E-state index in [0.717, 1.165) is 0 Å². The van der Waals surface area contributed by atoms with Crippen molar-refractivity contribution in [3.63, 3.8) is 0 Å². The molecule has 0 aromatic carbocycles. The second kappa shape index (κ2) is 4.04. The third-order valence-corrected chi connectivity index (χ3v) is 0.933. The van der Waals surface area contributed by atoms with Gasteiger partial charge in [-0.25, -0.2) is 4.99 Å². The van der Waals surface area contributed by atoms with Crippen LogP contribution in [0, 0.1) is 0 Å². The summed E-state index contributed by atoms with van der Waals surface area (Å²) >= 11 is 0. The fourth-order valence-electron chi connectivity index (χ4n) is 0.276. The molecule has 0 aliphatic rings. The Morgan fingerprint density at radius 2 is 2.11 bits per heavy atom. The summed E-state index contributed by atoms with van der Waals surface area (Å²) in [6.07, 6.45) is 0. The van der Waals surface area contributed by atoms with Crippen LogP contribution in [0.3, 0.4) is 0 Å². The van der Waals surface area contributed by atoms with Gasteiger partial charge in [-0.05, 0) is 26.6 Å². The zero-order valence-corrected chi connectivity index (χ0v) is 6.06. The van der Waals surface area contributed by atoms with E-state index in [1.165, 1.54) is 6.92 Å². The van der Waals surface area contributed by atoms with Crippen LogP contribution in [-0.4, -0.2) is 18.2 Å². The van der Waals surface area contributed by atoms with E-state index in [-0.39, 0.29) is 5.78 Å². The Balaban J connectivity index is 4.16. The highest BCUT2D eigenvalue weighted by molar-refractivity contribution is 6.00. The van der Waals surface area contributed by atoms with Gasteiger partial charge in [0.25, 0.3) is 0 Å². The molecule has 0 aliphatic heterocycles. The topological polar surface area (TPSA) is 29.4 Å². The molecule has 0 saturated carbocycles. The number of Topliss-reactive ketones (excluding diaryl/α,β-unsaturated/α-hetero) is 1. The minimum absolute atomic E-state index is 0.0344. The first kappa shape index (κ1) is 8.12. The average Bonchev–Trinajstić information content (AvgIpc) is 1.82. The van der Waals surface area contributed by atoms with E-state index in [1.54, 1.807) is 6.92 Å². The molecule has 0 fully saturated rings. The van der Waals surface area contributed by atoms with Gasteiger partial charge in [-0.3, -0.25) is 4.79 Å². The van der Waals surface area contributed by atoms with Gasteiger partial charge in [-0.15, -0.1) is 0 Å². The molecule has 0 saturated heterocycles. The monoisotopic (exact) mass is 125 g/mol. The molecular weight excluding hydrogens is 114 g/mol. The Morgan fingerprint density at radius 3 is 2.44 bits per heavy atom. The smallest absolute Gasteiger partial charge is 0.164 e. The molecule has 0 heterocycles. The highest BCUT2D eigenvalue weighted by Crippen LogP contribution is 1.84. The summed E-state index contributed by atoms with van der Waals surface area (Å²) < 4.78 is 0. The Kier molecular flexibility index (Phi) is 3.65. The van der Waals surface area contributed by atoms with E-state index in [1.807, 2.05) is 6.92 Å². The van der Waals surface area contributed by atoms with Gasteiger partial charge in [-0.2, -0.15) is 0 Å². The summed E-state index contributed by atoms with van der Waals surface area (Å²) in [4.78, 5) is 14.3. The van der Waals surface area contributed by atoms with Crippen molar-refractivity contribution in [2.24, 2.45) is 4.99 Å². The highest BCUT2D eigenvalue weighted by Gasteiger charge is 1.91. The van der Waals surface area contributed by atoms with Gasteiger partial charge >= 0.3 is 0 Å². The molecule has 0 aliphatic carbocycles. The summed E-state index contributed by atoms with van der Waals surface area (Å²) in [5.41, 5.74) is 0.594. The lowest BCUT2D eigenvalue weighted by Gasteiger charge is -1.82. The van der Waals surface area contributed by atoms with Crippen molar-refractivity contribution in [2.45, 2.75) is 20.8 Å². The van der Waals surface area contributed by atoms with Gasteiger partial charge in [0.1, 0.15) is 0 Å². The summed E-state index contributed by atoms with van der Waals surface area (Å²) in [5, 5.41) is 0. The van der Waals surface area contributed by atoms with Crippen LogP contribution in [0.1, 0.15) is 20.8 Å². The van der Waals surface area contributed by atoms with Crippen LogP contribution in [0.4, 0.5) is 0 Å². The molecule has 0 aromatic rings. The van der Waals surface area contributed by atoms with E-state index in [2.05, 4.69) is 10.9 Å². The van der Waals surface area contributed by atoms with E-state index in [4.69, 9.17) is 0 Å². The molecule has 0 rings (SSSR count). The van der Waals surface area contributed by atoms with Crippen LogP contribution in [0.25, 0.3) is 0 Å². The maximum atomic E-state index is 10.5. The minimum atomic E-state index is 0.0344. The van der Waals surface area contributed by atoms with Gasteiger partial charge in [-0.1, -0.05) is 0 Å². The molecule has 0 atom stereocenters. The van der Waals surface area contributed by atoms with Crippen molar-refractivity contribution in [1.29, 1.82) is 0 Å². The number of hydrogen-bond acceptors (Lipinski definition) is 2. The van der Waals surface area contributed by atoms with Crippen LogP contribution < -0.4 is 0 Å². The van der Waals surface area contributed by atoms with Gasteiger partial charge in [0.15, 0.2) is 5.78 Å². The maximum absolute atomic E-state index is 10.5. The summed E-state index contributed by atoms with van der Waals surface area (Å²) in [7, 11) is 0. The lowest BCUT2D eigenvalue weighted by molar-refractivity contribution is -0.113. The number of hydrogen-bond donors (Lipinski definition) is 0. The average molecular weight is 125 g/mol. The van der Waals surface area contributed by atoms with E-state index in [0.29, 0.717) is 12.1 Å². The second-order valence-corrected chi connectivity index (χ2v) is 1.77. The lowest BCUT2D eigenvalue weighted by Crippen LogP contribution is -1.91. The van der Waals surface area contributed by atoms with Crippen molar-refractivity contribution in [2.75, 3.05) is 6.54 Å². The van der Waals surface area contributed by atoms with Crippen molar-refractivity contribution in [3.05, 3.63) is 5.57 Å². The SMILES string of the molecule is CCN=C=C(C)C(C)=O. The summed E-state index contributed by atoms with van der Waals surface area (Å²) in [6.45, 7) is 5.81. The van der Waals surface area contributed by atoms with Crippen LogP contribution in [0.2, 0.25) is 0 Å². The second-order valence-electron chi connectivity index (χ2n) is 1.77. The minimum Gasteiger partial charge on any atom is -0.294 e. The number of aliphatic imine (C=N–C) groups is 1. The zero-order chi connectivity index (χ0) is 7.28. The maximum Gasteiger partial charge on any atom is 0.164 e. The standard InChI is InChI=1S/C7H11NO/c1-4-8-5-6(2)7(3)9/h4H2,1-3H3. The fraction of sp³-hybridized carbons (Fsp3) is 0.571. The number of ketones is 1. The molecule has 0 N–H and O–H groups in total. The Morgan fingerprint density at radius 1 is 1.56 bits per heavy atom. The van der Waals surface area contributed by atoms with Crippen LogP contribution >= 0.6 is 0 Å². The number of carbonyl (C=O) groups excluding carboxylic acids is 1. The highest BCUT2D eigenvalue weighted by atomic mass is 16.1. The molecule has 0 spiro atoms. The molecule has 2 heteroatoms. The van der Waals surface area contributed by atoms with Gasteiger partial charge in [0.05, 0.1) is 5.57 Å². The fourth-order valence-corrected chi connectivity index (χ4v) is 0.276. The zero-order valence-electron chi connectivity index (χ0n) is 6.06. The summed E-state index contributed by atoms with van der Waals surface area (Å²) in [5.74, 6) is 2.66. The molecule has 2 nitrogen and oxygen atoms in total. The molecule has 9 heavy (non-hydrogen) atoms. The molecule has 0 aromatic heterocycles. The van der Waals surface area contributed by atoms with E-state index in [9.17, 15) is 4.79 Å². The predicted molar refractivity (Wildman–Crippen MR) is 37.8 cm³/mol. The normalized spacial score (nSPS) is 7.89. The number of allylic oxidation sites excluding steroid dienone is 1. The molecule has 50 valence electrons. The largest absolute Gasteiger partial charge is 0.294 e. The third kappa shape index (κ3) is 3.68. The van der Waals surface area contributed by atoms with Gasteiger partial charge in [0.2, 0.25) is 0 Å². The molecular formula is C7H11NO. The number of nitrogens with zero attached hydrogens (tertiary/aromatic N) is 1. The Bertz CT molecular complexity index is 164. The Labute approximate surface area is 55.3 Å². The molecule has 0 unspecified atom stereocenters. The van der Waals surface area contributed by atoms with Gasteiger partial charge in [0, 0.05) is 6.54 Å². The molecule has 0 bridgehead atoms. The van der Waals surface area contributed by atoms with E-state index < -0.39 is 0 Å². The quantitative estimate of drug-likeness (QED) is 0.403. The first-order valence-electron chi connectivity index (χ1n) is 2.95. The third-order valence-electron chi connectivity index (χ3n) is 0.933.